The van der Waals surface area contributed by atoms with E-state index in [1.165, 1.54) is 0 Å². The van der Waals surface area contributed by atoms with Gasteiger partial charge in [0.15, 0.2) is 0 Å². The van der Waals surface area contributed by atoms with Gasteiger partial charge in [0.05, 0.1) is 12.4 Å². The van der Waals surface area contributed by atoms with E-state index in [1.54, 1.807) is 13.8 Å². The Balaban J connectivity index is 3.56. The first-order valence-corrected chi connectivity index (χ1v) is 5.72. The second kappa shape index (κ2) is 6.75. The maximum atomic E-state index is 11.0. The smallest absolute Gasteiger partial charge is 0.267 e. The molecule has 5 heteroatoms. The predicted molar refractivity (Wildman–Crippen MR) is 51.5 cm³/mol. The number of hydrogen-bond donors (Lipinski definition) is 1. The van der Waals surface area contributed by atoms with Gasteiger partial charge in [0.2, 0.25) is 0 Å². The van der Waals surface area contributed by atoms with E-state index >= 15 is 0 Å². The molecule has 0 saturated carbocycles. The standard InChI is InChI=1S/C8H15NO3S/c1-3-5-9-6-7-12-13(10,11)8-4-2/h9H,4,6-8H2,1-2H3. The Morgan fingerprint density at radius 3 is 2.69 bits per heavy atom. The SMILES string of the molecule is CC#CNCCOS(=O)(=O)CCC. The summed E-state index contributed by atoms with van der Waals surface area (Å²) in [5.41, 5.74) is 0. The Hall–Kier alpha value is -0.730. The molecular formula is C8H15NO3S. The van der Waals surface area contributed by atoms with Crippen molar-refractivity contribution < 1.29 is 12.6 Å². The molecule has 0 fully saturated rings. The molecule has 0 rings (SSSR count). The summed E-state index contributed by atoms with van der Waals surface area (Å²) < 4.78 is 26.6. The predicted octanol–water partition coefficient (Wildman–Crippen LogP) is 0.313. The van der Waals surface area contributed by atoms with Gasteiger partial charge in [-0.25, -0.2) is 0 Å². The van der Waals surface area contributed by atoms with Crippen molar-refractivity contribution in [2.75, 3.05) is 18.9 Å². The molecule has 0 saturated heterocycles. The third-order valence-corrected chi connectivity index (χ3v) is 2.59. The summed E-state index contributed by atoms with van der Waals surface area (Å²) in [5.74, 6) is 2.70. The summed E-state index contributed by atoms with van der Waals surface area (Å²) in [6.07, 6.45) is 0.574. The van der Waals surface area contributed by atoms with E-state index in [-0.39, 0.29) is 12.4 Å². The lowest BCUT2D eigenvalue weighted by Crippen LogP contribution is -2.18. The molecule has 0 bridgehead atoms. The maximum Gasteiger partial charge on any atom is 0.267 e. The molecule has 1 N–H and O–H groups in total. The normalized spacial score (nSPS) is 10.3. The first kappa shape index (κ1) is 12.3. The van der Waals surface area contributed by atoms with Crippen LogP contribution in [0.5, 0.6) is 0 Å². The second-order valence-corrected chi connectivity index (χ2v) is 4.14. The molecule has 0 aliphatic rings. The molecule has 0 unspecified atom stereocenters. The number of hydrogen-bond acceptors (Lipinski definition) is 4. The van der Waals surface area contributed by atoms with Crippen molar-refractivity contribution in [3.05, 3.63) is 0 Å². The van der Waals surface area contributed by atoms with Gasteiger partial charge in [0, 0.05) is 12.6 Å². The lowest BCUT2D eigenvalue weighted by Gasteiger charge is -2.02. The van der Waals surface area contributed by atoms with Crippen LogP contribution in [0.4, 0.5) is 0 Å². The third-order valence-electron chi connectivity index (χ3n) is 1.16. The van der Waals surface area contributed by atoms with Crippen LogP contribution in [0.3, 0.4) is 0 Å². The minimum atomic E-state index is -3.31. The molecule has 0 aromatic rings. The van der Waals surface area contributed by atoms with Crippen molar-refractivity contribution in [1.29, 1.82) is 0 Å². The Morgan fingerprint density at radius 1 is 1.46 bits per heavy atom. The van der Waals surface area contributed by atoms with Crippen molar-refractivity contribution in [3.8, 4) is 12.0 Å². The van der Waals surface area contributed by atoms with E-state index in [0.29, 0.717) is 13.0 Å². The Kier molecular flexibility index (Phi) is 6.37. The fourth-order valence-corrected chi connectivity index (χ4v) is 1.63. The van der Waals surface area contributed by atoms with E-state index in [0.717, 1.165) is 0 Å². The highest BCUT2D eigenvalue weighted by Crippen LogP contribution is 1.94. The van der Waals surface area contributed by atoms with Crippen molar-refractivity contribution in [3.63, 3.8) is 0 Å². The molecule has 13 heavy (non-hydrogen) atoms. The zero-order chi connectivity index (χ0) is 10.2. The van der Waals surface area contributed by atoms with Gasteiger partial charge in [-0.2, -0.15) is 8.42 Å². The molecule has 0 amide bonds. The topological polar surface area (TPSA) is 55.4 Å². The molecule has 0 radical (unpaired) electrons. The van der Waals surface area contributed by atoms with Gasteiger partial charge in [0.1, 0.15) is 0 Å². The summed E-state index contributed by atoms with van der Waals surface area (Å²) >= 11 is 0. The molecule has 0 aliphatic carbocycles. The number of rotatable bonds is 6. The lowest BCUT2D eigenvalue weighted by atomic mass is 10.6. The first-order chi connectivity index (χ1) is 6.12. The molecule has 0 atom stereocenters. The van der Waals surface area contributed by atoms with Crippen LogP contribution in [-0.4, -0.2) is 27.3 Å². The summed E-state index contributed by atoms with van der Waals surface area (Å²) in [4.78, 5) is 0. The van der Waals surface area contributed by atoms with Crippen LogP contribution >= 0.6 is 0 Å². The van der Waals surface area contributed by atoms with Crippen LogP contribution in [-0.2, 0) is 14.3 Å². The highest BCUT2D eigenvalue weighted by atomic mass is 32.2. The van der Waals surface area contributed by atoms with Crippen LogP contribution in [0.1, 0.15) is 20.3 Å². The van der Waals surface area contributed by atoms with Gasteiger partial charge in [-0.15, -0.1) is 0 Å². The number of nitrogens with one attached hydrogen (secondary N) is 1. The largest absolute Gasteiger partial charge is 0.344 e. The summed E-state index contributed by atoms with van der Waals surface area (Å²) in [6.45, 7) is 4.05. The van der Waals surface area contributed by atoms with E-state index in [9.17, 15) is 8.42 Å². The average molecular weight is 205 g/mol. The summed E-state index contributed by atoms with van der Waals surface area (Å²) in [5, 5.41) is 2.70. The highest BCUT2D eigenvalue weighted by Gasteiger charge is 2.07. The van der Waals surface area contributed by atoms with Crippen LogP contribution < -0.4 is 5.32 Å². The summed E-state index contributed by atoms with van der Waals surface area (Å²) in [7, 11) is -3.31. The van der Waals surface area contributed by atoms with Crippen molar-refractivity contribution in [2.45, 2.75) is 20.3 Å². The van der Waals surface area contributed by atoms with E-state index in [2.05, 4.69) is 21.5 Å². The van der Waals surface area contributed by atoms with Gasteiger partial charge in [-0.3, -0.25) is 4.18 Å². The van der Waals surface area contributed by atoms with Crippen LogP contribution in [0, 0.1) is 12.0 Å². The van der Waals surface area contributed by atoms with Crippen molar-refractivity contribution >= 4 is 10.1 Å². The fraction of sp³-hybridized carbons (Fsp3) is 0.750. The fourth-order valence-electron chi connectivity index (χ4n) is 0.679. The van der Waals surface area contributed by atoms with Crippen molar-refractivity contribution in [2.24, 2.45) is 0 Å². The lowest BCUT2D eigenvalue weighted by molar-refractivity contribution is 0.321. The van der Waals surface area contributed by atoms with E-state index in [1.807, 2.05) is 0 Å². The Bertz CT molecular complexity index is 273. The molecule has 0 aromatic heterocycles. The molecule has 0 spiro atoms. The van der Waals surface area contributed by atoms with E-state index in [4.69, 9.17) is 0 Å². The van der Waals surface area contributed by atoms with Gasteiger partial charge < -0.3 is 5.32 Å². The molecule has 0 heterocycles. The second-order valence-electron chi connectivity index (χ2n) is 2.39. The Morgan fingerprint density at radius 2 is 2.15 bits per heavy atom. The molecule has 0 aromatic carbocycles. The minimum Gasteiger partial charge on any atom is -0.344 e. The van der Waals surface area contributed by atoms with Gasteiger partial charge in [-0.1, -0.05) is 12.8 Å². The monoisotopic (exact) mass is 205 g/mol. The van der Waals surface area contributed by atoms with Crippen LogP contribution in [0.25, 0.3) is 0 Å². The quantitative estimate of drug-likeness (QED) is 0.293. The van der Waals surface area contributed by atoms with Gasteiger partial charge >= 0.3 is 0 Å². The highest BCUT2D eigenvalue weighted by molar-refractivity contribution is 7.86. The maximum absolute atomic E-state index is 11.0. The van der Waals surface area contributed by atoms with Crippen LogP contribution in [0.2, 0.25) is 0 Å². The van der Waals surface area contributed by atoms with E-state index < -0.39 is 10.1 Å². The van der Waals surface area contributed by atoms with Gasteiger partial charge in [0.25, 0.3) is 10.1 Å². The minimum absolute atomic E-state index is 0.0758. The first-order valence-electron chi connectivity index (χ1n) is 4.14. The average Bonchev–Trinajstić information content (AvgIpc) is 2.04. The molecule has 0 aliphatic heterocycles. The van der Waals surface area contributed by atoms with Gasteiger partial charge in [-0.05, 0) is 13.3 Å². The Labute approximate surface area is 79.8 Å². The zero-order valence-corrected chi connectivity index (χ0v) is 8.78. The zero-order valence-electron chi connectivity index (χ0n) is 7.96. The molecular weight excluding hydrogens is 190 g/mol. The van der Waals surface area contributed by atoms with Crippen molar-refractivity contribution in [1.82, 2.24) is 5.32 Å². The molecule has 76 valence electrons. The summed E-state index contributed by atoms with van der Waals surface area (Å²) in [6, 6.07) is 2.59. The third kappa shape index (κ3) is 7.62. The molecule has 4 nitrogen and oxygen atoms in total. The van der Waals surface area contributed by atoms with Crippen LogP contribution in [0.15, 0.2) is 0 Å².